The van der Waals surface area contributed by atoms with Crippen LogP contribution in [0.15, 0.2) is 0 Å². The van der Waals surface area contributed by atoms with Crippen LogP contribution >= 0.6 is 0 Å². The van der Waals surface area contributed by atoms with Crippen LogP contribution in [0.25, 0.3) is 0 Å². The van der Waals surface area contributed by atoms with Crippen molar-refractivity contribution in [3.63, 3.8) is 0 Å². The van der Waals surface area contributed by atoms with E-state index in [0.29, 0.717) is 0 Å². The Balaban J connectivity index is -0.00000000667. The summed E-state index contributed by atoms with van der Waals surface area (Å²) in [5.74, 6) is 0. The van der Waals surface area contributed by atoms with E-state index < -0.39 is 9.29 Å². The van der Waals surface area contributed by atoms with Crippen LogP contribution in [0.3, 0.4) is 0 Å². The molecule has 0 aliphatic heterocycles. The molecular weight excluding hydrogens is 127 g/mol. The maximum Gasteiger partial charge on any atom is 3.00 e. The molecule has 0 heterocycles. The topological polar surface area (TPSA) is 62.6 Å². The third kappa shape index (κ3) is 72.9. The summed E-state index contributed by atoms with van der Waals surface area (Å²) in [5.41, 5.74) is 0. The minimum Gasteiger partial charge on any atom is -2.00 e. The van der Waals surface area contributed by atoms with Gasteiger partial charge >= 0.3 is 49.7 Å². The molecule has 0 bridgehead atoms. The molecule has 0 radical (unpaired) electrons. The van der Waals surface area contributed by atoms with E-state index in [9.17, 15) is 0 Å². The van der Waals surface area contributed by atoms with Crippen molar-refractivity contribution in [2.75, 3.05) is 0 Å². The molecule has 6 heavy (non-hydrogen) atoms. The van der Waals surface area contributed by atoms with Crippen molar-refractivity contribution in [2.45, 2.75) is 0 Å². The van der Waals surface area contributed by atoms with E-state index in [4.69, 9.17) is 8.92 Å². The van der Waals surface area contributed by atoms with E-state index in [2.05, 4.69) is 0 Å². The van der Waals surface area contributed by atoms with Crippen molar-refractivity contribution in [2.24, 2.45) is 0 Å². The number of hydrogen-bond acceptors (Lipinski definition) is 2. The normalized spacial score (nSPS) is 1.33. The minimum atomic E-state index is -1.42. The van der Waals surface area contributed by atoms with Crippen LogP contribution in [0.2, 0.25) is 0 Å². The average Bonchev–Trinajstić information content (AvgIpc) is 0.918. The standard InChI is InChI=1S/Al.Mg.O2Si.O/c;;1-3-2;/q+3;+2;;-2. The van der Waals surface area contributed by atoms with E-state index >= 15 is 0 Å². The minimum absolute atomic E-state index is 0. The first-order valence-electron chi connectivity index (χ1n) is 0.408. The zero-order valence-electron chi connectivity index (χ0n) is 3.01. The number of hydrogen-bond donors (Lipinski definition) is 0. The van der Waals surface area contributed by atoms with E-state index in [1.165, 1.54) is 0 Å². The Morgan fingerprint density at radius 2 is 1.17 bits per heavy atom. The smallest absolute Gasteiger partial charge is 2.00 e. The van der Waals surface area contributed by atoms with Crippen LogP contribution < -0.4 is 0 Å². The second-order valence-corrected chi connectivity index (χ2v) is 0.250. The molecule has 6 heteroatoms. The predicted molar refractivity (Wildman–Crippen MR) is 19.3 cm³/mol. The molecule has 0 aliphatic carbocycles. The first kappa shape index (κ1) is 27.6. The summed E-state index contributed by atoms with van der Waals surface area (Å²) < 4.78 is 16.8. The van der Waals surface area contributed by atoms with Gasteiger partial charge in [-0.15, -0.1) is 0 Å². The molecule has 3 nitrogen and oxygen atoms in total. The molecule has 0 spiro atoms. The van der Waals surface area contributed by atoms with Gasteiger partial charge in [-0.3, -0.25) is 8.92 Å². The summed E-state index contributed by atoms with van der Waals surface area (Å²) in [6.45, 7) is 0. The fourth-order valence-corrected chi connectivity index (χ4v) is 0. The summed E-state index contributed by atoms with van der Waals surface area (Å²) in [6, 6.07) is 0. The van der Waals surface area contributed by atoms with Gasteiger partial charge in [-0.1, -0.05) is 0 Å². The van der Waals surface area contributed by atoms with Gasteiger partial charge in [0.1, 0.15) is 0 Å². The molecule has 0 N–H and O–H groups in total. The van der Waals surface area contributed by atoms with Gasteiger partial charge in [0.2, 0.25) is 0 Å². The third-order valence-electron chi connectivity index (χ3n) is 0. The molecule has 0 unspecified atom stereocenters. The maximum absolute atomic E-state index is 8.40. The molecule has 0 saturated heterocycles. The first-order valence-corrected chi connectivity index (χ1v) is 1.22. The zero-order valence-corrected chi connectivity index (χ0v) is 6.58. The third-order valence-corrected chi connectivity index (χ3v) is 0. The van der Waals surface area contributed by atoms with E-state index in [-0.39, 0.29) is 45.9 Å². The predicted octanol–water partition coefficient (Wildman–Crippen LogP) is -1.50. The van der Waals surface area contributed by atoms with Crippen molar-refractivity contribution in [1.82, 2.24) is 0 Å². The summed E-state index contributed by atoms with van der Waals surface area (Å²) >= 11 is 0. The molecule has 0 aromatic rings. The molecule has 0 amide bonds. The molecule has 0 aliphatic rings. The fraction of sp³-hybridized carbons (Fsp3) is 0. The van der Waals surface area contributed by atoms with Gasteiger partial charge in [-0.05, 0) is 0 Å². The van der Waals surface area contributed by atoms with Crippen molar-refractivity contribution in [1.29, 1.82) is 0 Å². The fourth-order valence-electron chi connectivity index (χ4n) is 0. The van der Waals surface area contributed by atoms with Crippen molar-refractivity contribution in [3.8, 4) is 0 Å². The van der Waals surface area contributed by atoms with Crippen molar-refractivity contribution >= 4 is 49.7 Å². The van der Waals surface area contributed by atoms with Crippen LogP contribution in [0.4, 0.5) is 0 Å². The summed E-state index contributed by atoms with van der Waals surface area (Å²) in [6.07, 6.45) is 0. The van der Waals surface area contributed by atoms with Gasteiger partial charge in [0, 0.05) is 0 Å². The van der Waals surface area contributed by atoms with Crippen LogP contribution in [-0.4, -0.2) is 49.7 Å². The Morgan fingerprint density at radius 3 is 1.17 bits per heavy atom. The van der Waals surface area contributed by atoms with Gasteiger partial charge in [0.25, 0.3) is 0 Å². The molecule has 0 fully saturated rings. The summed E-state index contributed by atoms with van der Waals surface area (Å²) in [7, 11) is -1.42. The summed E-state index contributed by atoms with van der Waals surface area (Å²) in [5, 5.41) is 0. The first-order chi connectivity index (χ1) is 1.41. The second-order valence-electron chi connectivity index (χ2n) is 0.0833. The van der Waals surface area contributed by atoms with Gasteiger partial charge < -0.3 is 5.48 Å². The van der Waals surface area contributed by atoms with E-state index in [1.54, 1.807) is 0 Å². The van der Waals surface area contributed by atoms with Crippen LogP contribution in [0.1, 0.15) is 0 Å². The van der Waals surface area contributed by atoms with Crippen molar-refractivity contribution in [3.05, 3.63) is 0 Å². The van der Waals surface area contributed by atoms with Crippen LogP contribution in [0.5, 0.6) is 0 Å². The molecule has 0 aromatic carbocycles. The molecule has 0 rings (SSSR count). The summed E-state index contributed by atoms with van der Waals surface area (Å²) in [4.78, 5) is 0. The van der Waals surface area contributed by atoms with Gasteiger partial charge in [-0.2, -0.15) is 0 Å². The SMILES string of the molecule is O=[Si]=O.[Al+3].[Mg+2].[O-2]. The Kier molecular flexibility index (Phi) is 167. The van der Waals surface area contributed by atoms with E-state index in [0.717, 1.165) is 0 Å². The van der Waals surface area contributed by atoms with Gasteiger partial charge in [0.05, 0.1) is 0 Å². The van der Waals surface area contributed by atoms with E-state index in [1.807, 2.05) is 0 Å². The van der Waals surface area contributed by atoms with Crippen molar-refractivity contribution < 1.29 is 14.4 Å². The maximum atomic E-state index is 8.40. The molecule has 0 aromatic heterocycles. The molecule has 24 valence electrons. The Hall–Kier alpha value is 1.08. The monoisotopic (exact) mass is 127 g/mol. The second kappa shape index (κ2) is 36.3. The Morgan fingerprint density at radius 1 is 1.17 bits per heavy atom. The van der Waals surface area contributed by atoms with Crippen LogP contribution in [-0.2, 0) is 14.4 Å². The molecule has 0 atom stereocenters. The molecular formula is AlMgO3Si+3. The molecule has 0 saturated carbocycles. The Labute approximate surface area is 64.0 Å². The van der Waals surface area contributed by atoms with Gasteiger partial charge in [0.15, 0.2) is 0 Å². The average molecular weight is 127 g/mol. The van der Waals surface area contributed by atoms with Crippen LogP contribution in [0, 0.1) is 0 Å². The zero-order chi connectivity index (χ0) is 2.71. The quantitative estimate of drug-likeness (QED) is 0.372. The largest absolute Gasteiger partial charge is 3.00 e. The number of rotatable bonds is 0. The van der Waals surface area contributed by atoms with Gasteiger partial charge in [-0.25, -0.2) is 0 Å². The Bertz CT molecular complexity index is 31.8.